The molecule has 2 aromatic rings. The molecule has 0 N–H and O–H groups in total. The Balaban J connectivity index is 1.52. The number of piperidine rings is 1. The van der Waals surface area contributed by atoms with Gasteiger partial charge in [0.05, 0.1) is 0 Å². The van der Waals surface area contributed by atoms with E-state index in [2.05, 4.69) is 5.16 Å². The van der Waals surface area contributed by atoms with Crippen LogP contribution in [0.2, 0.25) is 0 Å². The molecule has 0 bridgehead atoms. The molecule has 0 aliphatic carbocycles. The SMILES string of the molecule is Cc1noc(C)c1S(=O)(=O)N1CCN(C(=O)C(c2ccccc2)N2CCCCC2=O)CC1. The first-order valence-corrected chi connectivity index (χ1v) is 12.3. The molecule has 32 heavy (non-hydrogen) atoms. The molecule has 2 aliphatic heterocycles. The van der Waals surface area contributed by atoms with Crippen LogP contribution in [0.15, 0.2) is 39.8 Å². The van der Waals surface area contributed by atoms with Crippen LogP contribution in [0, 0.1) is 13.8 Å². The number of nitrogens with zero attached hydrogens (tertiary/aromatic N) is 4. The summed E-state index contributed by atoms with van der Waals surface area (Å²) in [4.78, 5) is 29.6. The van der Waals surface area contributed by atoms with Crippen LogP contribution in [-0.2, 0) is 19.6 Å². The highest BCUT2D eigenvalue weighted by Gasteiger charge is 2.39. The van der Waals surface area contributed by atoms with Gasteiger partial charge in [0.1, 0.15) is 16.6 Å². The van der Waals surface area contributed by atoms with Crippen LogP contribution >= 0.6 is 0 Å². The van der Waals surface area contributed by atoms with Crippen molar-refractivity contribution in [3.05, 3.63) is 47.3 Å². The molecule has 4 rings (SSSR count). The van der Waals surface area contributed by atoms with Gasteiger partial charge in [-0.2, -0.15) is 4.31 Å². The second kappa shape index (κ2) is 9.03. The zero-order chi connectivity index (χ0) is 22.9. The van der Waals surface area contributed by atoms with E-state index in [4.69, 9.17) is 4.52 Å². The van der Waals surface area contributed by atoms with Crippen LogP contribution in [0.1, 0.15) is 42.3 Å². The van der Waals surface area contributed by atoms with E-state index >= 15 is 0 Å². The van der Waals surface area contributed by atoms with Crippen molar-refractivity contribution in [2.45, 2.75) is 44.0 Å². The zero-order valence-electron chi connectivity index (χ0n) is 18.4. The second-order valence-corrected chi connectivity index (χ2v) is 10.1. The average molecular weight is 461 g/mol. The Kier molecular flexibility index (Phi) is 6.34. The summed E-state index contributed by atoms with van der Waals surface area (Å²) in [6, 6.07) is 8.64. The summed E-state index contributed by atoms with van der Waals surface area (Å²) in [5.74, 6) is 0.0765. The van der Waals surface area contributed by atoms with Gasteiger partial charge < -0.3 is 14.3 Å². The number of likely N-dealkylation sites (tertiary alicyclic amines) is 1. The molecule has 2 aliphatic rings. The van der Waals surface area contributed by atoms with Crippen molar-refractivity contribution in [1.29, 1.82) is 0 Å². The largest absolute Gasteiger partial charge is 0.360 e. The number of aromatic nitrogens is 1. The first-order valence-electron chi connectivity index (χ1n) is 10.9. The van der Waals surface area contributed by atoms with Gasteiger partial charge >= 0.3 is 0 Å². The lowest BCUT2D eigenvalue weighted by Crippen LogP contribution is -2.54. The van der Waals surface area contributed by atoms with Crippen molar-refractivity contribution in [2.24, 2.45) is 0 Å². The molecular weight excluding hydrogens is 432 g/mol. The third kappa shape index (κ3) is 4.16. The Labute approximate surface area is 188 Å². The molecule has 1 atom stereocenters. The molecule has 2 saturated heterocycles. The number of carbonyl (C=O) groups excluding carboxylic acids is 2. The highest BCUT2D eigenvalue weighted by Crippen LogP contribution is 2.29. The third-order valence-electron chi connectivity index (χ3n) is 6.14. The predicted molar refractivity (Wildman–Crippen MR) is 116 cm³/mol. The molecule has 1 aromatic carbocycles. The number of amides is 2. The predicted octanol–water partition coefficient (Wildman–Crippen LogP) is 1.88. The number of hydrogen-bond donors (Lipinski definition) is 0. The van der Waals surface area contributed by atoms with Crippen molar-refractivity contribution in [3.63, 3.8) is 0 Å². The summed E-state index contributed by atoms with van der Waals surface area (Å²) in [7, 11) is -3.76. The lowest BCUT2D eigenvalue weighted by Gasteiger charge is -2.40. The maximum Gasteiger partial charge on any atom is 0.250 e. The smallest absolute Gasteiger partial charge is 0.250 e. The maximum atomic E-state index is 13.6. The Morgan fingerprint density at radius 3 is 2.31 bits per heavy atom. The van der Waals surface area contributed by atoms with Gasteiger partial charge in [-0.25, -0.2) is 8.42 Å². The van der Waals surface area contributed by atoms with Crippen LogP contribution in [0.3, 0.4) is 0 Å². The molecule has 10 heteroatoms. The first kappa shape index (κ1) is 22.5. The van der Waals surface area contributed by atoms with Crippen molar-refractivity contribution in [2.75, 3.05) is 32.7 Å². The molecule has 9 nitrogen and oxygen atoms in total. The van der Waals surface area contributed by atoms with E-state index in [-0.39, 0.29) is 48.6 Å². The normalized spacial score (nSPS) is 19.2. The summed E-state index contributed by atoms with van der Waals surface area (Å²) in [5, 5.41) is 3.75. The molecule has 1 unspecified atom stereocenters. The summed E-state index contributed by atoms with van der Waals surface area (Å²) >= 11 is 0. The number of aryl methyl sites for hydroxylation is 2. The van der Waals surface area contributed by atoms with E-state index in [0.29, 0.717) is 18.7 Å². The second-order valence-electron chi connectivity index (χ2n) is 8.24. The van der Waals surface area contributed by atoms with Gasteiger partial charge in [-0.05, 0) is 32.3 Å². The van der Waals surface area contributed by atoms with Gasteiger partial charge in [-0.1, -0.05) is 35.5 Å². The molecule has 2 fully saturated rings. The number of carbonyl (C=O) groups is 2. The summed E-state index contributed by atoms with van der Waals surface area (Å²) in [6.07, 6.45) is 2.15. The number of hydrogen-bond acceptors (Lipinski definition) is 6. The van der Waals surface area contributed by atoms with E-state index in [1.807, 2.05) is 30.3 Å². The van der Waals surface area contributed by atoms with Gasteiger partial charge in [-0.15, -0.1) is 0 Å². The lowest BCUT2D eigenvalue weighted by molar-refractivity contribution is -0.148. The van der Waals surface area contributed by atoms with Crippen molar-refractivity contribution < 1.29 is 22.5 Å². The molecule has 172 valence electrons. The topological polar surface area (TPSA) is 104 Å². The van der Waals surface area contributed by atoms with Gasteiger partial charge in [0, 0.05) is 39.1 Å². The Hall–Kier alpha value is -2.72. The van der Waals surface area contributed by atoms with Crippen molar-refractivity contribution in [1.82, 2.24) is 19.3 Å². The highest BCUT2D eigenvalue weighted by molar-refractivity contribution is 7.89. The van der Waals surface area contributed by atoms with E-state index in [0.717, 1.165) is 18.4 Å². The minimum atomic E-state index is -3.76. The minimum Gasteiger partial charge on any atom is -0.360 e. The summed E-state index contributed by atoms with van der Waals surface area (Å²) < 4.78 is 32.6. The van der Waals surface area contributed by atoms with E-state index in [1.165, 1.54) is 4.31 Å². The van der Waals surface area contributed by atoms with Gasteiger partial charge in [-0.3, -0.25) is 9.59 Å². The fourth-order valence-electron chi connectivity index (χ4n) is 4.48. The van der Waals surface area contributed by atoms with Gasteiger partial charge in [0.25, 0.3) is 0 Å². The standard InChI is InChI=1S/C22H28N4O5S/c1-16-21(17(2)31-23-16)32(29,30)25-14-12-24(13-15-25)22(28)20(18-8-4-3-5-9-18)26-11-7-6-10-19(26)27/h3-5,8-9,20H,6-7,10-15H2,1-2H3. The maximum absolute atomic E-state index is 13.6. The van der Waals surface area contributed by atoms with Crippen LogP contribution in [0.5, 0.6) is 0 Å². The average Bonchev–Trinajstić information content (AvgIpc) is 3.14. The van der Waals surface area contributed by atoms with Crippen molar-refractivity contribution in [3.8, 4) is 0 Å². The highest BCUT2D eigenvalue weighted by atomic mass is 32.2. The number of piperazine rings is 1. The fraction of sp³-hybridized carbons (Fsp3) is 0.500. The molecule has 0 spiro atoms. The van der Waals surface area contributed by atoms with E-state index in [9.17, 15) is 18.0 Å². The first-order chi connectivity index (χ1) is 15.3. The zero-order valence-corrected chi connectivity index (χ0v) is 19.2. The number of rotatable bonds is 5. The monoisotopic (exact) mass is 460 g/mol. The van der Waals surface area contributed by atoms with E-state index < -0.39 is 16.1 Å². The molecular formula is C22H28N4O5S. The number of sulfonamides is 1. The van der Waals surface area contributed by atoms with Crippen molar-refractivity contribution >= 4 is 21.8 Å². The number of benzene rings is 1. The molecule has 0 saturated carbocycles. The summed E-state index contributed by atoms with van der Waals surface area (Å²) in [6.45, 7) is 4.58. The summed E-state index contributed by atoms with van der Waals surface area (Å²) in [5.41, 5.74) is 1.10. The minimum absolute atomic E-state index is 0.0157. The fourth-order valence-corrected chi connectivity index (χ4v) is 6.20. The van der Waals surface area contributed by atoms with Gasteiger partial charge in [0.15, 0.2) is 5.76 Å². The molecule has 2 amide bonds. The van der Waals surface area contributed by atoms with Crippen LogP contribution < -0.4 is 0 Å². The van der Waals surface area contributed by atoms with Gasteiger partial charge in [0.2, 0.25) is 21.8 Å². The quantitative estimate of drug-likeness (QED) is 0.675. The Morgan fingerprint density at radius 2 is 1.72 bits per heavy atom. The molecule has 0 radical (unpaired) electrons. The molecule has 1 aromatic heterocycles. The molecule has 3 heterocycles. The van der Waals surface area contributed by atoms with Crippen LogP contribution in [0.4, 0.5) is 0 Å². The van der Waals surface area contributed by atoms with Crippen LogP contribution in [-0.4, -0.2) is 72.2 Å². The van der Waals surface area contributed by atoms with Crippen LogP contribution in [0.25, 0.3) is 0 Å². The third-order valence-corrected chi connectivity index (χ3v) is 8.28. The Morgan fingerprint density at radius 1 is 1.03 bits per heavy atom. The van der Waals surface area contributed by atoms with E-state index in [1.54, 1.807) is 23.6 Å². The lowest BCUT2D eigenvalue weighted by atomic mass is 9.99. The Bertz CT molecular complexity index is 1070.